The highest BCUT2D eigenvalue weighted by Gasteiger charge is 2.33. The summed E-state index contributed by atoms with van der Waals surface area (Å²) in [6.07, 6.45) is 11.7. The van der Waals surface area contributed by atoms with Crippen LogP contribution in [0.3, 0.4) is 0 Å². The fourth-order valence-corrected chi connectivity index (χ4v) is 3.28. The molecular formula is C14H27NO. The number of nitrogens with one attached hydrogen (secondary N) is 1. The fourth-order valence-electron chi connectivity index (χ4n) is 3.28. The first-order valence-corrected chi connectivity index (χ1v) is 7.05. The molecule has 0 amide bonds. The Morgan fingerprint density at radius 3 is 2.31 bits per heavy atom. The number of likely N-dealkylation sites (N-methyl/N-ethyl adjacent to an activating group) is 1. The highest BCUT2D eigenvalue weighted by Crippen LogP contribution is 2.37. The number of hydrogen-bond acceptors (Lipinski definition) is 2. The highest BCUT2D eigenvalue weighted by atomic mass is 16.5. The number of methoxy groups -OCH3 is 1. The molecule has 2 unspecified atom stereocenters. The van der Waals surface area contributed by atoms with Gasteiger partial charge in [0.2, 0.25) is 0 Å². The lowest BCUT2D eigenvalue weighted by molar-refractivity contribution is 0.00665. The zero-order valence-corrected chi connectivity index (χ0v) is 10.9. The summed E-state index contributed by atoms with van der Waals surface area (Å²) in [5, 5.41) is 3.50. The smallest absolute Gasteiger partial charge is 0.0752 e. The molecule has 0 aromatic heterocycles. The quantitative estimate of drug-likeness (QED) is 0.750. The van der Waals surface area contributed by atoms with Crippen LogP contribution in [-0.4, -0.2) is 26.3 Å². The topological polar surface area (TPSA) is 21.3 Å². The van der Waals surface area contributed by atoms with Gasteiger partial charge in [-0.15, -0.1) is 0 Å². The summed E-state index contributed by atoms with van der Waals surface area (Å²) in [6.45, 7) is 0. The molecule has 16 heavy (non-hydrogen) atoms. The lowest BCUT2D eigenvalue weighted by Gasteiger charge is -2.35. The zero-order valence-electron chi connectivity index (χ0n) is 10.9. The van der Waals surface area contributed by atoms with Gasteiger partial charge < -0.3 is 10.1 Å². The summed E-state index contributed by atoms with van der Waals surface area (Å²) >= 11 is 0. The van der Waals surface area contributed by atoms with Crippen molar-refractivity contribution in [1.82, 2.24) is 5.32 Å². The van der Waals surface area contributed by atoms with Crippen LogP contribution in [0.5, 0.6) is 0 Å². The van der Waals surface area contributed by atoms with Gasteiger partial charge in [0.15, 0.2) is 0 Å². The normalized spacial score (nSPS) is 26.6. The van der Waals surface area contributed by atoms with E-state index in [1.807, 2.05) is 7.11 Å². The Bertz CT molecular complexity index is 197. The number of ether oxygens (including phenoxy) is 1. The van der Waals surface area contributed by atoms with E-state index in [1.165, 1.54) is 51.4 Å². The first-order valence-electron chi connectivity index (χ1n) is 7.05. The molecule has 2 saturated carbocycles. The largest absolute Gasteiger partial charge is 0.380 e. The van der Waals surface area contributed by atoms with Gasteiger partial charge in [-0.3, -0.25) is 0 Å². The molecule has 2 fully saturated rings. The SMILES string of the molecule is CNC(CC1CC1)C(OC)C1CCCCC1. The van der Waals surface area contributed by atoms with Gasteiger partial charge in [-0.25, -0.2) is 0 Å². The van der Waals surface area contributed by atoms with Crippen LogP contribution in [-0.2, 0) is 4.74 Å². The molecule has 0 saturated heterocycles. The Hall–Kier alpha value is -0.0800. The molecule has 0 heterocycles. The first kappa shape index (κ1) is 12.4. The van der Waals surface area contributed by atoms with E-state index in [9.17, 15) is 0 Å². The highest BCUT2D eigenvalue weighted by molar-refractivity contribution is 4.88. The second-order valence-electron chi connectivity index (χ2n) is 5.67. The predicted octanol–water partition coefficient (Wildman–Crippen LogP) is 2.97. The van der Waals surface area contributed by atoms with E-state index in [0.717, 1.165) is 11.8 Å². The van der Waals surface area contributed by atoms with Crippen molar-refractivity contribution in [3.63, 3.8) is 0 Å². The van der Waals surface area contributed by atoms with Crippen molar-refractivity contribution >= 4 is 0 Å². The van der Waals surface area contributed by atoms with Crippen LogP contribution < -0.4 is 5.32 Å². The van der Waals surface area contributed by atoms with E-state index in [0.29, 0.717) is 12.1 Å². The molecule has 0 aromatic rings. The Balaban J connectivity index is 1.88. The van der Waals surface area contributed by atoms with Gasteiger partial charge >= 0.3 is 0 Å². The lowest BCUT2D eigenvalue weighted by atomic mass is 9.81. The number of hydrogen-bond donors (Lipinski definition) is 1. The fraction of sp³-hybridized carbons (Fsp3) is 1.00. The van der Waals surface area contributed by atoms with Crippen molar-refractivity contribution in [2.24, 2.45) is 11.8 Å². The maximum absolute atomic E-state index is 5.81. The van der Waals surface area contributed by atoms with E-state index in [1.54, 1.807) is 0 Å². The molecule has 2 aliphatic carbocycles. The Kier molecular flexibility index (Phi) is 4.66. The summed E-state index contributed by atoms with van der Waals surface area (Å²) in [5.74, 6) is 1.79. The van der Waals surface area contributed by atoms with Crippen LogP contribution in [0, 0.1) is 11.8 Å². The van der Waals surface area contributed by atoms with Crippen LogP contribution in [0.15, 0.2) is 0 Å². The van der Waals surface area contributed by atoms with Crippen molar-refractivity contribution in [2.75, 3.05) is 14.2 Å². The molecule has 2 heteroatoms. The second-order valence-corrected chi connectivity index (χ2v) is 5.67. The van der Waals surface area contributed by atoms with Gasteiger partial charge in [-0.1, -0.05) is 32.1 Å². The van der Waals surface area contributed by atoms with Crippen LogP contribution >= 0.6 is 0 Å². The molecule has 94 valence electrons. The molecule has 0 aromatic carbocycles. The maximum Gasteiger partial charge on any atom is 0.0752 e. The standard InChI is InChI=1S/C14H27NO/c1-15-13(10-11-8-9-11)14(16-2)12-6-4-3-5-7-12/h11-15H,3-10H2,1-2H3. The van der Waals surface area contributed by atoms with E-state index >= 15 is 0 Å². The van der Waals surface area contributed by atoms with Gasteiger partial charge in [-0.2, -0.15) is 0 Å². The van der Waals surface area contributed by atoms with Gasteiger partial charge in [0.1, 0.15) is 0 Å². The minimum atomic E-state index is 0.450. The molecule has 2 atom stereocenters. The Labute approximate surface area is 100 Å². The molecule has 0 aliphatic heterocycles. The van der Waals surface area contributed by atoms with E-state index in [4.69, 9.17) is 4.74 Å². The lowest BCUT2D eigenvalue weighted by Crippen LogP contribution is -2.44. The molecule has 1 N–H and O–H groups in total. The molecule has 0 bridgehead atoms. The van der Waals surface area contributed by atoms with Crippen LogP contribution in [0.25, 0.3) is 0 Å². The zero-order chi connectivity index (χ0) is 11.4. The summed E-state index contributed by atoms with van der Waals surface area (Å²) in [4.78, 5) is 0. The van der Waals surface area contributed by atoms with Crippen molar-refractivity contribution in [3.05, 3.63) is 0 Å². The monoisotopic (exact) mass is 225 g/mol. The minimum absolute atomic E-state index is 0.450. The van der Waals surface area contributed by atoms with Crippen molar-refractivity contribution in [3.8, 4) is 0 Å². The van der Waals surface area contributed by atoms with Gasteiger partial charge in [0.05, 0.1) is 6.10 Å². The van der Waals surface area contributed by atoms with Crippen molar-refractivity contribution in [2.45, 2.75) is 63.5 Å². The van der Waals surface area contributed by atoms with Crippen LogP contribution in [0.1, 0.15) is 51.4 Å². The van der Waals surface area contributed by atoms with Gasteiger partial charge in [0, 0.05) is 13.2 Å². The van der Waals surface area contributed by atoms with Crippen LogP contribution in [0.4, 0.5) is 0 Å². The predicted molar refractivity (Wildman–Crippen MR) is 67.6 cm³/mol. The maximum atomic E-state index is 5.81. The molecule has 0 spiro atoms. The third kappa shape index (κ3) is 3.21. The van der Waals surface area contributed by atoms with Gasteiger partial charge in [0.25, 0.3) is 0 Å². The van der Waals surface area contributed by atoms with E-state index < -0.39 is 0 Å². The Morgan fingerprint density at radius 2 is 1.81 bits per heavy atom. The molecule has 2 nitrogen and oxygen atoms in total. The second kappa shape index (κ2) is 6.02. The molecular weight excluding hydrogens is 198 g/mol. The molecule has 2 aliphatic rings. The van der Waals surface area contributed by atoms with Crippen LogP contribution in [0.2, 0.25) is 0 Å². The first-order chi connectivity index (χ1) is 7.85. The van der Waals surface area contributed by atoms with Crippen molar-refractivity contribution in [1.29, 1.82) is 0 Å². The van der Waals surface area contributed by atoms with E-state index in [2.05, 4.69) is 12.4 Å². The summed E-state index contributed by atoms with van der Waals surface area (Å²) < 4.78 is 5.81. The Morgan fingerprint density at radius 1 is 1.12 bits per heavy atom. The summed E-state index contributed by atoms with van der Waals surface area (Å²) in [6, 6.07) is 0.584. The average molecular weight is 225 g/mol. The third-order valence-corrected chi connectivity index (χ3v) is 4.44. The van der Waals surface area contributed by atoms with Crippen molar-refractivity contribution < 1.29 is 4.74 Å². The van der Waals surface area contributed by atoms with Gasteiger partial charge in [-0.05, 0) is 38.1 Å². The number of rotatable bonds is 6. The summed E-state index contributed by atoms with van der Waals surface area (Å²) in [7, 11) is 4.00. The molecule has 0 radical (unpaired) electrons. The van der Waals surface area contributed by atoms with E-state index in [-0.39, 0.29) is 0 Å². The summed E-state index contributed by atoms with van der Waals surface area (Å²) in [5.41, 5.74) is 0. The third-order valence-electron chi connectivity index (χ3n) is 4.44. The average Bonchev–Trinajstić information content (AvgIpc) is 3.14. The minimum Gasteiger partial charge on any atom is -0.380 e. The molecule has 2 rings (SSSR count).